The molecule has 144 valence electrons. The van der Waals surface area contributed by atoms with Gasteiger partial charge in [0.05, 0.1) is 18.0 Å². The van der Waals surface area contributed by atoms with Crippen LogP contribution < -0.4 is 5.32 Å². The van der Waals surface area contributed by atoms with Crippen molar-refractivity contribution in [1.29, 1.82) is 0 Å². The van der Waals surface area contributed by atoms with Crippen LogP contribution in [-0.4, -0.2) is 48.9 Å². The fourth-order valence-corrected chi connectivity index (χ4v) is 2.98. The van der Waals surface area contributed by atoms with Crippen molar-refractivity contribution in [2.75, 3.05) is 6.61 Å². The van der Waals surface area contributed by atoms with Gasteiger partial charge in [-0.05, 0) is 66.9 Å². The van der Waals surface area contributed by atoms with E-state index in [1.165, 1.54) is 0 Å². The van der Waals surface area contributed by atoms with Gasteiger partial charge in [0, 0.05) is 29.3 Å². The van der Waals surface area contributed by atoms with Gasteiger partial charge in [-0.1, -0.05) is 6.07 Å². The van der Waals surface area contributed by atoms with E-state index >= 15 is 0 Å². The van der Waals surface area contributed by atoms with Crippen LogP contribution in [0.1, 0.15) is 47.4 Å². The normalized spacial score (nSPS) is 14.7. The number of nitrogens with zero attached hydrogens (tertiary/aromatic N) is 5. The summed E-state index contributed by atoms with van der Waals surface area (Å²) in [6.45, 7) is 3.60. The lowest BCUT2D eigenvalue weighted by atomic mass is 10.0. The topological polar surface area (TPSA) is 106 Å². The molecule has 8 nitrogen and oxygen atoms in total. The van der Waals surface area contributed by atoms with Gasteiger partial charge in [-0.15, -0.1) is 5.10 Å². The number of aryl methyl sites for hydroxylation is 1. The minimum atomic E-state index is -0.341. The van der Waals surface area contributed by atoms with Crippen LogP contribution in [-0.2, 0) is 0 Å². The van der Waals surface area contributed by atoms with Crippen LogP contribution in [0.4, 0.5) is 0 Å². The molecule has 28 heavy (non-hydrogen) atoms. The van der Waals surface area contributed by atoms with Crippen molar-refractivity contribution in [3.05, 3.63) is 53.5 Å². The molecule has 8 heteroatoms. The molecule has 1 saturated carbocycles. The number of amides is 1. The first kappa shape index (κ1) is 18.2. The van der Waals surface area contributed by atoms with Crippen LogP contribution in [0.25, 0.3) is 16.9 Å². The lowest BCUT2D eigenvalue weighted by Crippen LogP contribution is -2.35. The first-order valence-corrected chi connectivity index (χ1v) is 9.33. The van der Waals surface area contributed by atoms with Gasteiger partial charge >= 0.3 is 0 Å². The third-order valence-corrected chi connectivity index (χ3v) is 4.72. The number of hydrogen-bond donors (Lipinski definition) is 2. The Balaban J connectivity index is 1.79. The highest BCUT2D eigenvalue weighted by atomic mass is 16.3. The number of carbonyl (C=O) groups excluding carboxylic acids is 1. The molecule has 2 N–H and O–H groups in total. The highest BCUT2D eigenvalue weighted by Gasteiger charge is 2.30. The van der Waals surface area contributed by atoms with E-state index in [1.807, 2.05) is 25.1 Å². The lowest BCUT2D eigenvalue weighted by molar-refractivity contribution is 0.0922. The van der Waals surface area contributed by atoms with Crippen molar-refractivity contribution < 1.29 is 9.90 Å². The summed E-state index contributed by atoms with van der Waals surface area (Å²) in [7, 11) is 0. The van der Waals surface area contributed by atoms with E-state index in [9.17, 15) is 9.90 Å². The number of aliphatic hydroxyl groups is 1. The number of pyridine rings is 1. The van der Waals surface area contributed by atoms with Gasteiger partial charge in [-0.2, -0.15) is 4.68 Å². The van der Waals surface area contributed by atoms with Crippen LogP contribution >= 0.6 is 0 Å². The SMILES string of the molecule is Cc1ccc(-c2cc(C(=O)N[C@@H](C)CO)cc(-n3nnnc3C3CC3)c2)nc1. The summed E-state index contributed by atoms with van der Waals surface area (Å²) < 4.78 is 1.70. The number of hydrogen-bond acceptors (Lipinski definition) is 6. The second kappa shape index (κ2) is 7.47. The number of benzene rings is 1. The van der Waals surface area contributed by atoms with Gasteiger partial charge in [-0.25, -0.2) is 0 Å². The van der Waals surface area contributed by atoms with Crippen molar-refractivity contribution in [3.8, 4) is 16.9 Å². The van der Waals surface area contributed by atoms with E-state index in [0.717, 1.165) is 35.5 Å². The summed E-state index contributed by atoms with van der Waals surface area (Å²) in [5.41, 5.74) is 3.81. The molecule has 0 aliphatic heterocycles. The zero-order chi connectivity index (χ0) is 19.7. The zero-order valence-electron chi connectivity index (χ0n) is 15.8. The maximum Gasteiger partial charge on any atom is 0.251 e. The van der Waals surface area contributed by atoms with E-state index < -0.39 is 0 Å². The van der Waals surface area contributed by atoms with Crippen LogP contribution in [0, 0.1) is 6.92 Å². The summed E-state index contributed by atoms with van der Waals surface area (Å²) >= 11 is 0. The maximum atomic E-state index is 12.7. The molecule has 1 atom stereocenters. The Morgan fingerprint density at radius 1 is 1.32 bits per heavy atom. The summed E-state index contributed by atoms with van der Waals surface area (Å²) in [6.07, 6.45) is 3.93. The molecule has 1 amide bonds. The van der Waals surface area contributed by atoms with Crippen molar-refractivity contribution in [3.63, 3.8) is 0 Å². The summed E-state index contributed by atoms with van der Waals surface area (Å²) in [5, 5.41) is 24.1. The molecule has 1 aliphatic rings. The second-order valence-corrected chi connectivity index (χ2v) is 7.27. The van der Waals surface area contributed by atoms with Crippen LogP contribution in [0.2, 0.25) is 0 Å². The van der Waals surface area contributed by atoms with Crippen molar-refractivity contribution >= 4 is 5.91 Å². The molecule has 3 aromatic rings. The third-order valence-electron chi connectivity index (χ3n) is 4.72. The molecule has 0 saturated heterocycles. The fraction of sp³-hybridized carbons (Fsp3) is 0.350. The van der Waals surface area contributed by atoms with Gasteiger partial charge in [0.15, 0.2) is 5.82 Å². The van der Waals surface area contributed by atoms with Gasteiger partial charge in [0.1, 0.15) is 0 Å². The van der Waals surface area contributed by atoms with Crippen LogP contribution in [0.5, 0.6) is 0 Å². The van der Waals surface area contributed by atoms with Crippen LogP contribution in [0.15, 0.2) is 36.5 Å². The molecule has 0 bridgehead atoms. The first-order valence-electron chi connectivity index (χ1n) is 9.33. The maximum absolute atomic E-state index is 12.7. The molecular weight excluding hydrogens is 356 g/mol. The number of rotatable bonds is 6. The molecule has 2 aromatic heterocycles. The average Bonchev–Trinajstić information content (AvgIpc) is 3.44. The van der Waals surface area contributed by atoms with E-state index in [0.29, 0.717) is 17.2 Å². The Labute approximate surface area is 162 Å². The number of tetrazole rings is 1. The van der Waals surface area contributed by atoms with Gasteiger partial charge < -0.3 is 10.4 Å². The zero-order valence-corrected chi connectivity index (χ0v) is 15.8. The largest absolute Gasteiger partial charge is 0.394 e. The standard InChI is InChI=1S/C20H22N6O2/c1-12-3-6-18(21-10-12)15-7-16(20(28)22-13(2)11-27)9-17(8-15)26-19(14-4-5-14)23-24-25-26/h3,6-10,13-14,27H,4-5,11H2,1-2H3,(H,22,28)/t13-/m0/s1. The first-order chi connectivity index (χ1) is 13.5. The Bertz CT molecular complexity index is 994. The molecule has 0 radical (unpaired) electrons. The van der Waals surface area contributed by atoms with E-state index in [1.54, 1.807) is 29.9 Å². The lowest BCUT2D eigenvalue weighted by Gasteiger charge is -2.14. The predicted molar refractivity (Wildman–Crippen MR) is 103 cm³/mol. The summed E-state index contributed by atoms with van der Waals surface area (Å²) in [4.78, 5) is 17.2. The molecule has 2 heterocycles. The molecule has 0 unspecified atom stereocenters. The highest BCUT2D eigenvalue weighted by molar-refractivity contribution is 5.96. The Hall–Kier alpha value is -3.13. The van der Waals surface area contributed by atoms with Crippen LogP contribution in [0.3, 0.4) is 0 Å². The van der Waals surface area contributed by atoms with Crippen molar-refractivity contribution in [1.82, 2.24) is 30.5 Å². The fourth-order valence-electron chi connectivity index (χ4n) is 2.98. The van der Waals surface area contributed by atoms with Gasteiger partial charge in [-0.3, -0.25) is 9.78 Å². The number of aromatic nitrogens is 5. The smallest absolute Gasteiger partial charge is 0.251 e. The van der Waals surface area contributed by atoms with Gasteiger partial charge in [0.2, 0.25) is 0 Å². The number of carbonyl (C=O) groups is 1. The minimum Gasteiger partial charge on any atom is -0.394 e. The highest BCUT2D eigenvalue weighted by Crippen LogP contribution is 2.39. The van der Waals surface area contributed by atoms with Crippen molar-refractivity contribution in [2.24, 2.45) is 0 Å². The third kappa shape index (κ3) is 3.77. The monoisotopic (exact) mass is 378 g/mol. The molecule has 0 spiro atoms. The predicted octanol–water partition coefficient (Wildman–Crippen LogP) is 2.02. The average molecular weight is 378 g/mol. The summed E-state index contributed by atoms with van der Waals surface area (Å²) in [6, 6.07) is 9.06. The minimum absolute atomic E-state index is 0.128. The second-order valence-electron chi connectivity index (χ2n) is 7.27. The molecular formula is C20H22N6O2. The van der Waals surface area contributed by atoms with E-state index in [2.05, 4.69) is 25.8 Å². The quantitative estimate of drug-likeness (QED) is 0.680. The van der Waals surface area contributed by atoms with Gasteiger partial charge in [0.25, 0.3) is 5.91 Å². The number of nitrogens with one attached hydrogen (secondary N) is 1. The molecule has 1 aromatic carbocycles. The van der Waals surface area contributed by atoms with E-state index in [4.69, 9.17) is 0 Å². The molecule has 4 rings (SSSR count). The molecule has 1 aliphatic carbocycles. The Kier molecular flexibility index (Phi) is 4.87. The number of aliphatic hydroxyl groups excluding tert-OH is 1. The summed E-state index contributed by atoms with van der Waals surface area (Å²) in [5.74, 6) is 0.907. The Morgan fingerprint density at radius 3 is 2.82 bits per heavy atom. The Morgan fingerprint density at radius 2 is 2.14 bits per heavy atom. The van der Waals surface area contributed by atoms with Crippen molar-refractivity contribution in [2.45, 2.75) is 38.6 Å². The molecule has 1 fully saturated rings. The van der Waals surface area contributed by atoms with E-state index in [-0.39, 0.29) is 18.6 Å².